The van der Waals surface area contributed by atoms with E-state index in [-0.39, 0.29) is 29.1 Å². The molecule has 2 N–H and O–H groups in total. The largest absolute Gasteiger partial charge is 0.490 e. The fourth-order valence-electron chi connectivity index (χ4n) is 8.46. The molecule has 2 aliphatic carbocycles. The molecule has 2 aliphatic heterocycles. The molecular weight excluding hydrogens is 646 g/mol. The highest BCUT2D eigenvalue weighted by molar-refractivity contribution is 7.99. The van der Waals surface area contributed by atoms with Crippen LogP contribution < -0.4 is 14.4 Å². The number of fused-ring (bicyclic) bond motifs is 4. The summed E-state index contributed by atoms with van der Waals surface area (Å²) in [7, 11) is 0.423. The molecule has 1 spiro atoms. The van der Waals surface area contributed by atoms with Gasteiger partial charge in [0, 0.05) is 48.4 Å². The van der Waals surface area contributed by atoms with E-state index in [0.29, 0.717) is 37.4 Å². The number of halogens is 1. The minimum Gasteiger partial charge on any atom is -0.490 e. The zero-order chi connectivity index (χ0) is 34.6. The van der Waals surface area contributed by atoms with E-state index in [4.69, 9.17) is 16.3 Å². The van der Waals surface area contributed by atoms with Gasteiger partial charge in [-0.15, -0.1) is 0 Å². The van der Waals surface area contributed by atoms with Gasteiger partial charge in [0.15, 0.2) is 0 Å². The van der Waals surface area contributed by atoms with Crippen molar-refractivity contribution < 1.29 is 23.6 Å². The van der Waals surface area contributed by atoms with Gasteiger partial charge in [-0.05, 0) is 111 Å². The second kappa shape index (κ2) is 13.0. The first-order valence-electron chi connectivity index (χ1n) is 17.3. The lowest BCUT2D eigenvalue weighted by Crippen LogP contribution is -2.57. The van der Waals surface area contributed by atoms with Crippen LogP contribution in [-0.4, -0.2) is 76.5 Å². The van der Waals surface area contributed by atoms with Crippen molar-refractivity contribution in [2.45, 2.75) is 75.6 Å². The molecular formula is C38H50ClN3O5S. The van der Waals surface area contributed by atoms with Crippen LogP contribution in [0.5, 0.6) is 5.75 Å². The normalized spacial score (nSPS) is 34.7. The number of nitrogens with zero attached hydrogens (tertiary/aromatic N) is 2. The van der Waals surface area contributed by atoms with Gasteiger partial charge in [0.1, 0.15) is 5.75 Å². The van der Waals surface area contributed by atoms with E-state index in [9.17, 15) is 18.9 Å². The molecule has 8 nitrogen and oxygen atoms in total. The minimum absolute atomic E-state index is 0.0913. The highest BCUT2D eigenvalue weighted by Gasteiger charge is 2.52. The summed E-state index contributed by atoms with van der Waals surface area (Å²) in [6.07, 6.45) is 8.87. The van der Waals surface area contributed by atoms with Crippen LogP contribution in [0.3, 0.4) is 0 Å². The first-order chi connectivity index (χ1) is 22.6. The van der Waals surface area contributed by atoms with Gasteiger partial charge in [0.25, 0.3) is 5.91 Å². The SMILES string of the molecule is C=S1(=O)NC(=O)c2ccc3c(c2)N(C[C@@H]2CC[C@H]2[C@@](O)([C@H](C)C(=O)N(C)C)/C=C/C[C@H](C)[C@H]1C)C[C@@]1(CCCc2cc(Cl)ccc21)CO3. The van der Waals surface area contributed by atoms with Gasteiger partial charge in [-0.2, -0.15) is 0 Å². The Morgan fingerprint density at radius 2 is 1.98 bits per heavy atom. The molecule has 0 saturated heterocycles. The van der Waals surface area contributed by atoms with E-state index in [2.05, 4.69) is 27.6 Å². The number of carbonyl (C=O) groups is 2. The Labute approximate surface area is 291 Å². The van der Waals surface area contributed by atoms with Crippen LogP contribution in [-0.2, 0) is 26.3 Å². The number of aryl methyl sites for hydroxylation is 1. The third kappa shape index (κ3) is 6.27. The van der Waals surface area contributed by atoms with Crippen molar-refractivity contribution in [2.75, 3.05) is 38.7 Å². The van der Waals surface area contributed by atoms with E-state index in [1.807, 2.05) is 51.1 Å². The smallest absolute Gasteiger partial charge is 0.262 e. The van der Waals surface area contributed by atoms with E-state index >= 15 is 0 Å². The molecule has 4 aliphatic rings. The van der Waals surface area contributed by atoms with Gasteiger partial charge >= 0.3 is 0 Å². The Bertz CT molecular complexity index is 1730. The van der Waals surface area contributed by atoms with Gasteiger partial charge in [-0.3, -0.25) is 14.3 Å². The maximum Gasteiger partial charge on any atom is 0.262 e. The van der Waals surface area contributed by atoms with E-state index in [0.717, 1.165) is 42.8 Å². The predicted octanol–water partition coefficient (Wildman–Crippen LogP) is 5.64. The monoisotopic (exact) mass is 695 g/mol. The van der Waals surface area contributed by atoms with Crippen molar-refractivity contribution in [3.8, 4) is 5.75 Å². The minimum atomic E-state index is -3.03. The number of aliphatic hydroxyl groups is 1. The second-order valence-corrected chi connectivity index (χ2v) is 17.9. The van der Waals surface area contributed by atoms with Gasteiger partial charge in [0.2, 0.25) is 5.91 Å². The lowest BCUT2D eigenvalue weighted by molar-refractivity contribution is -0.147. The molecule has 6 rings (SSSR count). The number of allylic oxidation sites excluding steroid dienone is 1. The van der Waals surface area contributed by atoms with Crippen LogP contribution in [0.25, 0.3) is 0 Å². The average molecular weight is 696 g/mol. The first kappa shape index (κ1) is 34.8. The van der Waals surface area contributed by atoms with Crippen LogP contribution in [0.15, 0.2) is 48.6 Å². The average Bonchev–Trinajstić information content (AvgIpc) is 3.17. The van der Waals surface area contributed by atoms with E-state index in [1.54, 1.807) is 25.1 Å². The van der Waals surface area contributed by atoms with Crippen LogP contribution >= 0.6 is 11.6 Å². The summed E-state index contributed by atoms with van der Waals surface area (Å²) in [5.74, 6) is 3.27. The number of rotatable bonds is 2. The third-order valence-electron chi connectivity index (χ3n) is 11.8. The molecule has 10 heteroatoms. The molecule has 0 radical (unpaired) electrons. The Hall–Kier alpha value is -3.01. The van der Waals surface area contributed by atoms with Crippen molar-refractivity contribution >= 4 is 44.7 Å². The molecule has 1 unspecified atom stereocenters. The fourth-order valence-corrected chi connectivity index (χ4v) is 10.1. The fraction of sp³-hybridized carbons (Fsp3) is 0.553. The maximum atomic E-state index is 13.9. The Balaban J connectivity index is 1.47. The van der Waals surface area contributed by atoms with Crippen molar-refractivity contribution in [3.63, 3.8) is 0 Å². The molecule has 2 heterocycles. The number of ether oxygens (including phenoxy) is 1. The molecule has 8 atom stereocenters. The molecule has 2 amide bonds. The number of benzene rings is 2. The highest BCUT2D eigenvalue weighted by Crippen LogP contribution is 2.50. The zero-order valence-corrected chi connectivity index (χ0v) is 30.4. The van der Waals surface area contributed by atoms with E-state index < -0.39 is 32.4 Å². The number of anilines is 1. The summed E-state index contributed by atoms with van der Waals surface area (Å²) in [4.78, 5) is 30.9. The van der Waals surface area contributed by atoms with Gasteiger partial charge < -0.3 is 19.6 Å². The van der Waals surface area contributed by atoms with Crippen LogP contribution in [0, 0.1) is 23.7 Å². The third-order valence-corrected chi connectivity index (χ3v) is 14.3. The Morgan fingerprint density at radius 3 is 2.69 bits per heavy atom. The second-order valence-electron chi connectivity index (χ2n) is 15.1. The Kier molecular flexibility index (Phi) is 9.46. The highest BCUT2D eigenvalue weighted by atomic mass is 35.5. The van der Waals surface area contributed by atoms with Crippen molar-refractivity contribution in [1.29, 1.82) is 0 Å². The molecule has 260 valence electrons. The van der Waals surface area contributed by atoms with E-state index in [1.165, 1.54) is 11.1 Å². The zero-order valence-electron chi connectivity index (χ0n) is 28.8. The molecule has 2 bridgehead atoms. The Morgan fingerprint density at radius 1 is 1.21 bits per heavy atom. The lowest BCUT2D eigenvalue weighted by Gasteiger charge is -2.51. The van der Waals surface area contributed by atoms with Crippen LogP contribution in [0.1, 0.15) is 74.4 Å². The topological polar surface area (TPSA) is 99.2 Å². The number of hydrogen-bond acceptors (Lipinski definition) is 6. The van der Waals surface area contributed by atoms with Gasteiger partial charge in [-0.1, -0.05) is 43.7 Å². The molecule has 1 saturated carbocycles. The summed E-state index contributed by atoms with van der Waals surface area (Å²) < 4.78 is 23.2. The van der Waals surface area contributed by atoms with Crippen LogP contribution in [0.2, 0.25) is 5.02 Å². The van der Waals surface area contributed by atoms with Gasteiger partial charge in [0.05, 0.1) is 33.5 Å². The molecule has 0 aromatic heterocycles. The van der Waals surface area contributed by atoms with Gasteiger partial charge in [-0.25, -0.2) is 4.21 Å². The van der Waals surface area contributed by atoms with Crippen molar-refractivity contribution in [2.24, 2.45) is 23.7 Å². The number of nitrogens with one attached hydrogen (secondary N) is 1. The van der Waals surface area contributed by atoms with Crippen LogP contribution in [0.4, 0.5) is 5.69 Å². The number of amides is 2. The summed E-state index contributed by atoms with van der Waals surface area (Å²) >= 11 is 6.45. The molecule has 2 aromatic rings. The maximum absolute atomic E-state index is 13.9. The number of carbonyl (C=O) groups excluding carboxylic acids is 2. The van der Waals surface area contributed by atoms with Crippen molar-refractivity contribution in [3.05, 3.63) is 70.3 Å². The summed E-state index contributed by atoms with van der Waals surface area (Å²) in [6.45, 7) is 7.39. The summed E-state index contributed by atoms with van der Waals surface area (Å²) in [6, 6.07) is 11.6. The van der Waals surface area contributed by atoms with Crippen molar-refractivity contribution in [1.82, 2.24) is 9.62 Å². The summed E-state index contributed by atoms with van der Waals surface area (Å²) in [5.41, 5.74) is 1.99. The number of hydrogen-bond donors (Lipinski definition) is 2. The standard InChI is InChI=1S/C38H50ClN3O5S/c1-24-9-7-18-38(45,25(2)36(44)41(4)5)32-14-11-29(32)21-42-22-37(17-8-10-27-19-30(39)13-15-31(27)37)23-47-34-16-12-28(20-33(34)42)35(43)40-48(6,46)26(24)3/h7,12-13,15-16,18-20,24-26,29,32,45H,6,8-11,14,17,21-23H2,1-5H3,(H,40,43,46)/b18-7+/t24-,25+,26+,29-,32+,37-,38-,48?/m0/s1. The summed E-state index contributed by atoms with van der Waals surface area (Å²) in [5, 5.41) is 12.8. The quantitative estimate of drug-likeness (QED) is 0.312. The molecule has 1 fully saturated rings. The molecule has 48 heavy (non-hydrogen) atoms. The first-order valence-corrected chi connectivity index (χ1v) is 19.4. The lowest BCUT2D eigenvalue weighted by atomic mass is 9.60. The predicted molar refractivity (Wildman–Crippen MR) is 194 cm³/mol. The molecule has 2 aromatic carbocycles.